The number of carbonyl (C=O) groups excluding carboxylic acids is 1. The monoisotopic (exact) mass is 216 g/mol. The molecule has 1 amide bonds. The Bertz CT molecular complexity index is 529. The zero-order valence-corrected chi connectivity index (χ0v) is 8.69. The van der Waals surface area contributed by atoms with Gasteiger partial charge in [-0.1, -0.05) is 18.2 Å². The molecule has 2 heterocycles. The first-order chi connectivity index (χ1) is 7.84. The molecule has 0 aliphatic carbocycles. The number of ether oxygens (including phenoxy) is 1. The molecule has 2 aromatic rings. The van der Waals surface area contributed by atoms with Gasteiger partial charge >= 0.3 is 0 Å². The van der Waals surface area contributed by atoms with Gasteiger partial charge in [-0.25, -0.2) is 0 Å². The SMILES string of the molecule is O=C(NC1COC1)c1c[nH]c2ccccc12. The van der Waals surface area contributed by atoms with E-state index in [-0.39, 0.29) is 11.9 Å². The van der Waals surface area contributed by atoms with Gasteiger partial charge in [0, 0.05) is 17.1 Å². The van der Waals surface area contributed by atoms with Crippen LogP contribution >= 0.6 is 0 Å². The number of benzene rings is 1. The molecule has 1 aliphatic heterocycles. The largest absolute Gasteiger partial charge is 0.377 e. The third kappa shape index (κ3) is 1.47. The normalized spacial score (nSPS) is 16.0. The van der Waals surface area contributed by atoms with Crippen molar-refractivity contribution in [1.29, 1.82) is 0 Å². The van der Waals surface area contributed by atoms with Gasteiger partial charge in [-0.15, -0.1) is 0 Å². The molecule has 16 heavy (non-hydrogen) atoms. The molecule has 82 valence electrons. The Morgan fingerprint density at radius 2 is 2.19 bits per heavy atom. The zero-order chi connectivity index (χ0) is 11.0. The number of hydrogen-bond acceptors (Lipinski definition) is 2. The number of fused-ring (bicyclic) bond motifs is 1. The first-order valence-corrected chi connectivity index (χ1v) is 5.29. The Kier molecular flexibility index (Phi) is 2.15. The number of amides is 1. The van der Waals surface area contributed by atoms with Crippen LogP contribution in [0.3, 0.4) is 0 Å². The van der Waals surface area contributed by atoms with Crippen LogP contribution in [0.2, 0.25) is 0 Å². The first kappa shape index (κ1) is 9.42. The fourth-order valence-corrected chi connectivity index (χ4v) is 1.84. The maximum atomic E-state index is 11.9. The van der Waals surface area contributed by atoms with E-state index in [1.807, 2.05) is 24.3 Å². The summed E-state index contributed by atoms with van der Waals surface area (Å²) >= 11 is 0. The molecule has 0 atom stereocenters. The number of H-pyrrole nitrogens is 1. The molecule has 2 N–H and O–H groups in total. The van der Waals surface area contributed by atoms with E-state index in [0.717, 1.165) is 10.9 Å². The van der Waals surface area contributed by atoms with Gasteiger partial charge in [0.15, 0.2) is 0 Å². The lowest BCUT2D eigenvalue weighted by Gasteiger charge is -2.26. The number of aromatic nitrogens is 1. The van der Waals surface area contributed by atoms with Crippen molar-refractivity contribution in [2.75, 3.05) is 13.2 Å². The Hall–Kier alpha value is -1.81. The molecule has 1 fully saturated rings. The van der Waals surface area contributed by atoms with Crippen molar-refractivity contribution in [1.82, 2.24) is 10.3 Å². The van der Waals surface area contributed by atoms with Gasteiger partial charge in [0.1, 0.15) is 0 Å². The number of rotatable bonds is 2. The topological polar surface area (TPSA) is 54.1 Å². The Balaban J connectivity index is 1.89. The first-order valence-electron chi connectivity index (χ1n) is 5.29. The van der Waals surface area contributed by atoms with Crippen LogP contribution in [0.15, 0.2) is 30.5 Å². The zero-order valence-electron chi connectivity index (χ0n) is 8.69. The van der Waals surface area contributed by atoms with E-state index in [1.54, 1.807) is 6.20 Å². The van der Waals surface area contributed by atoms with Gasteiger partial charge in [0.25, 0.3) is 5.91 Å². The van der Waals surface area contributed by atoms with E-state index in [1.165, 1.54) is 0 Å². The highest BCUT2D eigenvalue weighted by molar-refractivity contribution is 6.06. The molecule has 0 spiro atoms. The number of hydrogen-bond donors (Lipinski definition) is 2. The minimum atomic E-state index is -0.0363. The molecular formula is C12H12N2O2. The summed E-state index contributed by atoms with van der Waals surface area (Å²) in [5.74, 6) is -0.0363. The van der Waals surface area contributed by atoms with Crippen LogP contribution in [0.25, 0.3) is 10.9 Å². The van der Waals surface area contributed by atoms with Crippen LogP contribution in [0.4, 0.5) is 0 Å². The Morgan fingerprint density at radius 1 is 1.38 bits per heavy atom. The number of nitrogens with one attached hydrogen (secondary N) is 2. The van der Waals surface area contributed by atoms with Crippen molar-refractivity contribution in [2.24, 2.45) is 0 Å². The number of aromatic amines is 1. The molecule has 0 bridgehead atoms. The lowest BCUT2D eigenvalue weighted by Crippen LogP contribution is -2.48. The summed E-state index contributed by atoms with van der Waals surface area (Å²) in [5, 5.41) is 3.89. The van der Waals surface area contributed by atoms with Crippen LogP contribution < -0.4 is 5.32 Å². The fourth-order valence-electron chi connectivity index (χ4n) is 1.84. The highest BCUT2D eigenvalue weighted by atomic mass is 16.5. The predicted octanol–water partition coefficient (Wildman–Crippen LogP) is 1.30. The molecule has 4 heteroatoms. The van der Waals surface area contributed by atoms with Gasteiger partial charge in [-0.3, -0.25) is 4.79 Å². The average Bonchev–Trinajstić information content (AvgIpc) is 2.67. The van der Waals surface area contributed by atoms with Gasteiger partial charge in [0.05, 0.1) is 24.8 Å². The molecule has 0 unspecified atom stereocenters. The van der Waals surface area contributed by atoms with Crippen molar-refractivity contribution in [2.45, 2.75) is 6.04 Å². The molecule has 1 aromatic heterocycles. The number of carbonyl (C=O) groups is 1. The van der Waals surface area contributed by atoms with Gasteiger partial charge in [0.2, 0.25) is 0 Å². The third-order valence-corrected chi connectivity index (χ3v) is 2.81. The summed E-state index contributed by atoms with van der Waals surface area (Å²) in [6.07, 6.45) is 1.75. The minimum Gasteiger partial charge on any atom is -0.377 e. The molecule has 0 saturated carbocycles. The van der Waals surface area contributed by atoms with E-state index < -0.39 is 0 Å². The third-order valence-electron chi connectivity index (χ3n) is 2.81. The minimum absolute atomic E-state index is 0.0363. The second-order valence-corrected chi connectivity index (χ2v) is 3.96. The quantitative estimate of drug-likeness (QED) is 0.795. The maximum absolute atomic E-state index is 11.9. The summed E-state index contributed by atoms with van der Waals surface area (Å²) in [4.78, 5) is 15.0. The molecule has 0 radical (unpaired) electrons. The van der Waals surface area contributed by atoms with Crippen LogP contribution in [-0.4, -0.2) is 30.1 Å². The number of para-hydroxylation sites is 1. The van der Waals surface area contributed by atoms with Crippen molar-refractivity contribution in [3.05, 3.63) is 36.0 Å². The Labute approximate surface area is 92.6 Å². The van der Waals surface area contributed by atoms with Gasteiger partial charge in [-0.05, 0) is 6.07 Å². The van der Waals surface area contributed by atoms with Crippen LogP contribution in [0, 0.1) is 0 Å². The molecule has 4 nitrogen and oxygen atoms in total. The van der Waals surface area contributed by atoms with E-state index in [0.29, 0.717) is 18.8 Å². The van der Waals surface area contributed by atoms with Crippen molar-refractivity contribution in [3.8, 4) is 0 Å². The maximum Gasteiger partial charge on any atom is 0.253 e. The van der Waals surface area contributed by atoms with E-state index in [2.05, 4.69) is 10.3 Å². The highest BCUT2D eigenvalue weighted by Gasteiger charge is 2.22. The molecule has 1 aliphatic rings. The predicted molar refractivity (Wildman–Crippen MR) is 60.4 cm³/mol. The van der Waals surface area contributed by atoms with Crippen molar-refractivity contribution < 1.29 is 9.53 Å². The average molecular weight is 216 g/mol. The van der Waals surface area contributed by atoms with Crippen LogP contribution in [-0.2, 0) is 4.74 Å². The standard InChI is InChI=1S/C12H12N2O2/c15-12(14-8-6-16-7-8)10-5-13-11-4-2-1-3-9(10)11/h1-5,8,13H,6-7H2,(H,14,15). The van der Waals surface area contributed by atoms with Crippen molar-refractivity contribution >= 4 is 16.8 Å². The van der Waals surface area contributed by atoms with E-state index in [9.17, 15) is 4.79 Å². The Morgan fingerprint density at radius 3 is 2.94 bits per heavy atom. The summed E-state index contributed by atoms with van der Waals surface area (Å²) < 4.78 is 5.02. The summed E-state index contributed by atoms with van der Waals surface area (Å²) in [6, 6.07) is 7.94. The fraction of sp³-hybridized carbons (Fsp3) is 0.250. The second kappa shape index (κ2) is 3.64. The van der Waals surface area contributed by atoms with E-state index >= 15 is 0 Å². The molecular weight excluding hydrogens is 204 g/mol. The lowest BCUT2D eigenvalue weighted by atomic mass is 10.1. The lowest BCUT2D eigenvalue weighted by molar-refractivity contribution is -0.00343. The summed E-state index contributed by atoms with van der Waals surface area (Å²) in [7, 11) is 0. The van der Waals surface area contributed by atoms with Crippen molar-refractivity contribution in [3.63, 3.8) is 0 Å². The smallest absolute Gasteiger partial charge is 0.253 e. The van der Waals surface area contributed by atoms with Gasteiger partial charge < -0.3 is 15.0 Å². The second-order valence-electron chi connectivity index (χ2n) is 3.96. The summed E-state index contributed by atoms with van der Waals surface area (Å²) in [6.45, 7) is 1.24. The summed E-state index contributed by atoms with van der Waals surface area (Å²) in [5.41, 5.74) is 1.68. The highest BCUT2D eigenvalue weighted by Crippen LogP contribution is 2.17. The molecule has 3 rings (SSSR count). The molecule has 1 aromatic carbocycles. The van der Waals surface area contributed by atoms with E-state index in [4.69, 9.17) is 4.74 Å². The molecule has 1 saturated heterocycles. The van der Waals surface area contributed by atoms with Crippen LogP contribution in [0.5, 0.6) is 0 Å². The van der Waals surface area contributed by atoms with Gasteiger partial charge in [-0.2, -0.15) is 0 Å². The van der Waals surface area contributed by atoms with Crippen LogP contribution in [0.1, 0.15) is 10.4 Å².